The fourth-order valence-corrected chi connectivity index (χ4v) is 4.27. The monoisotopic (exact) mass is 449 g/mol. The Balaban J connectivity index is 1.48. The number of nitrogen functional groups attached to an aromatic ring is 1. The van der Waals surface area contributed by atoms with E-state index in [0.29, 0.717) is 17.5 Å². The Kier molecular flexibility index (Phi) is 4.45. The molecule has 2 fully saturated rings. The Bertz CT molecular complexity index is 1210. The van der Waals surface area contributed by atoms with Crippen LogP contribution in [0.4, 0.5) is 23.8 Å². The van der Waals surface area contributed by atoms with Crippen LogP contribution in [-0.2, 0) is 10.9 Å². The fourth-order valence-electron chi connectivity index (χ4n) is 4.27. The molecule has 3 N–H and O–H groups in total. The summed E-state index contributed by atoms with van der Waals surface area (Å²) in [6, 6.07) is 5.52. The molecule has 2 aliphatic rings. The third kappa shape index (κ3) is 3.45. The van der Waals surface area contributed by atoms with Gasteiger partial charge < -0.3 is 20.3 Å². The predicted octanol–water partition coefficient (Wildman–Crippen LogP) is 2.90. The van der Waals surface area contributed by atoms with E-state index in [4.69, 9.17) is 15.2 Å². The normalized spacial score (nSPS) is 22.6. The molecule has 0 spiro atoms. The van der Waals surface area contributed by atoms with Crippen molar-refractivity contribution in [1.29, 1.82) is 0 Å². The summed E-state index contributed by atoms with van der Waals surface area (Å²) < 4.78 is 53.2. The van der Waals surface area contributed by atoms with E-state index >= 15 is 0 Å². The molecule has 0 aromatic carbocycles. The summed E-state index contributed by atoms with van der Waals surface area (Å²) in [5, 5.41) is 13.4. The number of hydrogen-bond acceptors (Lipinski definition) is 6. The number of fused-ring (bicyclic) bond motifs is 3. The zero-order chi connectivity index (χ0) is 22.7. The molecule has 9 nitrogen and oxygen atoms in total. The second-order valence-electron chi connectivity index (χ2n) is 7.97. The van der Waals surface area contributed by atoms with Gasteiger partial charge in [-0.3, -0.25) is 4.90 Å². The number of hydrogen-bond donors (Lipinski definition) is 2. The van der Waals surface area contributed by atoms with Gasteiger partial charge in [-0.15, -0.1) is 0 Å². The molecule has 0 aliphatic carbocycles. The molecule has 168 valence electrons. The number of carboxylic acid groups (broad SMARTS) is 1. The molecule has 2 aliphatic heterocycles. The summed E-state index contributed by atoms with van der Waals surface area (Å²) in [6.45, 7) is 0.375. The van der Waals surface area contributed by atoms with Crippen LogP contribution in [0.2, 0.25) is 0 Å². The van der Waals surface area contributed by atoms with Crippen molar-refractivity contribution in [2.24, 2.45) is 0 Å². The number of rotatable bonds is 4. The van der Waals surface area contributed by atoms with E-state index in [9.17, 15) is 23.1 Å². The molecule has 5 rings (SSSR count). The number of halogens is 3. The highest BCUT2D eigenvalue weighted by Gasteiger charge is 2.53. The number of ether oxygens (including phenoxy) is 2. The molecule has 5 heterocycles. The molecule has 0 saturated carbocycles. The van der Waals surface area contributed by atoms with E-state index in [2.05, 4.69) is 10.1 Å². The van der Waals surface area contributed by atoms with Crippen LogP contribution in [0.1, 0.15) is 12.1 Å². The number of anilines is 1. The van der Waals surface area contributed by atoms with Crippen LogP contribution in [-0.4, -0.2) is 62.1 Å². The fraction of sp³-hybridized carbons (Fsp3) is 0.350. The smallest absolute Gasteiger partial charge is 0.433 e. The summed E-state index contributed by atoms with van der Waals surface area (Å²) in [7, 11) is 0. The average molecular weight is 449 g/mol. The number of pyridine rings is 2. The maximum Gasteiger partial charge on any atom is 0.433 e. The Morgan fingerprint density at radius 3 is 2.91 bits per heavy atom. The lowest BCUT2D eigenvalue weighted by Gasteiger charge is -2.31. The van der Waals surface area contributed by atoms with E-state index in [-0.39, 0.29) is 42.9 Å². The van der Waals surface area contributed by atoms with Crippen molar-refractivity contribution in [3.8, 4) is 16.9 Å². The van der Waals surface area contributed by atoms with Crippen LogP contribution in [0, 0.1) is 0 Å². The van der Waals surface area contributed by atoms with Gasteiger partial charge in [0.25, 0.3) is 0 Å². The zero-order valence-corrected chi connectivity index (χ0v) is 16.5. The van der Waals surface area contributed by atoms with Crippen molar-refractivity contribution in [2.75, 3.05) is 25.5 Å². The third-order valence-corrected chi connectivity index (χ3v) is 5.78. The maximum atomic E-state index is 13.3. The van der Waals surface area contributed by atoms with E-state index in [0.717, 1.165) is 12.3 Å². The van der Waals surface area contributed by atoms with Gasteiger partial charge in [0.15, 0.2) is 0 Å². The predicted molar refractivity (Wildman–Crippen MR) is 105 cm³/mol. The minimum atomic E-state index is -4.63. The van der Waals surface area contributed by atoms with Gasteiger partial charge in [-0.2, -0.15) is 18.3 Å². The summed E-state index contributed by atoms with van der Waals surface area (Å²) >= 11 is 0. The van der Waals surface area contributed by atoms with Crippen molar-refractivity contribution in [3.63, 3.8) is 0 Å². The van der Waals surface area contributed by atoms with Gasteiger partial charge in [-0.05, 0) is 23.8 Å². The molecular weight excluding hydrogens is 431 g/mol. The van der Waals surface area contributed by atoms with Gasteiger partial charge in [0.1, 0.15) is 29.5 Å². The lowest BCUT2D eigenvalue weighted by molar-refractivity contribution is -0.141. The van der Waals surface area contributed by atoms with Gasteiger partial charge in [-0.1, -0.05) is 0 Å². The number of morpholine rings is 1. The quantitative estimate of drug-likeness (QED) is 0.629. The number of carbonyl (C=O) groups is 1. The number of nitrogens with zero attached hydrogens (tertiary/aromatic N) is 4. The van der Waals surface area contributed by atoms with Gasteiger partial charge in [0.05, 0.1) is 30.9 Å². The summed E-state index contributed by atoms with van der Waals surface area (Å²) in [5.74, 6) is 0.408. The molecule has 0 radical (unpaired) electrons. The van der Waals surface area contributed by atoms with E-state index in [1.807, 2.05) is 0 Å². The van der Waals surface area contributed by atoms with Crippen LogP contribution < -0.4 is 10.5 Å². The molecule has 1 unspecified atom stereocenters. The van der Waals surface area contributed by atoms with Gasteiger partial charge in [-0.25, -0.2) is 14.3 Å². The summed E-state index contributed by atoms with van der Waals surface area (Å²) in [5.41, 5.74) is 5.05. The first-order valence-corrected chi connectivity index (χ1v) is 9.72. The van der Waals surface area contributed by atoms with Crippen molar-refractivity contribution in [3.05, 3.63) is 42.4 Å². The number of amides is 1. The SMILES string of the molecule is Nc1cc2cc(-c3cc(C(F)(F)F)ncc3OCC34C[C@H](CO3)N(C(=O)O)C4)ccn2n1. The van der Waals surface area contributed by atoms with Crippen LogP contribution in [0.3, 0.4) is 0 Å². The Morgan fingerprint density at radius 1 is 1.38 bits per heavy atom. The highest BCUT2D eigenvalue weighted by atomic mass is 19.4. The topological polar surface area (TPSA) is 115 Å². The molecule has 12 heteroatoms. The van der Waals surface area contributed by atoms with Crippen molar-refractivity contribution in [2.45, 2.75) is 24.2 Å². The first-order chi connectivity index (χ1) is 15.1. The van der Waals surface area contributed by atoms with Crippen molar-refractivity contribution in [1.82, 2.24) is 19.5 Å². The molecule has 3 aromatic rings. The van der Waals surface area contributed by atoms with Gasteiger partial charge in [0, 0.05) is 24.2 Å². The standard InChI is InChI=1S/C20H18F3N5O4/c21-20(22,23)16-5-14(11-1-2-28-12(3-11)4-17(24)26-28)15(7-25-16)31-10-19-6-13(8-32-19)27(9-19)18(29)30/h1-5,7,13H,6,8-10H2,(H2,24,26)(H,29,30)/t13-,19?/m1/s1. The van der Waals surface area contributed by atoms with Crippen LogP contribution in [0.15, 0.2) is 36.7 Å². The maximum absolute atomic E-state index is 13.3. The summed E-state index contributed by atoms with van der Waals surface area (Å²) in [4.78, 5) is 16.2. The number of likely N-dealkylation sites (tertiary alicyclic amines) is 1. The van der Waals surface area contributed by atoms with E-state index in [1.54, 1.807) is 24.4 Å². The van der Waals surface area contributed by atoms with E-state index in [1.165, 1.54) is 9.42 Å². The Hall–Kier alpha value is -3.54. The van der Waals surface area contributed by atoms with Gasteiger partial charge >= 0.3 is 12.3 Å². The highest BCUT2D eigenvalue weighted by molar-refractivity contribution is 5.74. The summed E-state index contributed by atoms with van der Waals surface area (Å²) in [6.07, 6.45) is -2.59. The molecule has 2 bridgehead atoms. The Labute approximate surface area is 179 Å². The third-order valence-electron chi connectivity index (χ3n) is 5.78. The minimum absolute atomic E-state index is 0.0187. The second kappa shape index (κ2) is 6.99. The minimum Gasteiger partial charge on any atom is -0.488 e. The lowest BCUT2D eigenvalue weighted by Crippen LogP contribution is -2.47. The average Bonchev–Trinajstić information content (AvgIpc) is 3.43. The highest BCUT2D eigenvalue weighted by Crippen LogP contribution is 2.40. The van der Waals surface area contributed by atoms with E-state index < -0.39 is 23.6 Å². The van der Waals surface area contributed by atoms with Crippen LogP contribution in [0.25, 0.3) is 16.6 Å². The first kappa shape index (κ1) is 20.4. The zero-order valence-electron chi connectivity index (χ0n) is 16.5. The Morgan fingerprint density at radius 2 is 2.19 bits per heavy atom. The number of nitrogens with two attached hydrogens (primary N) is 1. The van der Waals surface area contributed by atoms with Crippen LogP contribution in [0.5, 0.6) is 5.75 Å². The van der Waals surface area contributed by atoms with Crippen molar-refractivity contribution >= 4 is 17.4 Å². The van der Waals surface area contributed by atoms with Crippen molar-refractivity contribution < 1.29 is 32.5 Å². The van der Waals surface area contributed by atoms with Gasteiger partial charge in [0.2, 0.25) is 0 Å². The lowest BCUT2D eigenvalue weighted by atomic mass is 10.0. The molecule has 1 amide bonds. The molecular formula is C20H18F3N5O4. The largest absolute Gasteiger partial charge is 0.488 e. The first-order valence-electron chi connectivity index (χ1n) is 9.72. The number of aromatic nitrogens is 3. The molecule has 2 atom stereocenters. The second-order valence-corrected chi connectivity index (χ2v) is 7.97. The molecule has 3 aromatic heterocycles. The van der Waals surface area contributed by atoms with Crippen LogP contribution >= 0.6 is 0 Å². The molecule has 32 heavy (non-hydrogen) atoms. The number of alkyl halides is 3. The molecule has 2 saturated heterocycles.